The van der Waals surface area contributed by atoms with Gasteiger partial charge in [-0.3, -0.25) is 9.88 Å². The molecule has 4 rings (SSSR count). The molecule has 0 spiro atoms. The van der Waals surface area contributed by atoms with Crippen molar-refractivity contribution in [1.82, 2.24) is 14.9 Å². The van der Waals surface area contributed by atoms with E-state index in [9.17, 15) is 4.39 Å². The van der Waals surface area contributed by atoms with Crippen LogP contribution in [0.4, 0.5) is 4.39 Å². The first-order chi connectivity index (χ1) is 12.6. The highest BCUT2D eigenvalue weighted by molar-refractivity contribution is 5.14. The first-order valence-corrected chi connectivity index (χ1v) is 9.14. The van der Waals surface area contributed by atoms with Gasteiger partial charge in [-0.15, -0.1) is 0 Å². The van der Waals surface area contributed by atoms with Gasteiger partial charge in [0.1, 0.15) is 0 Å². The van der Waals surface area contributed by atoms with Crippen LogP contribution < -0.4 is 4.74 Å². The van der Waals surface area contributed by atoms with Gasteiger partial charge < -0.3 is 9.47 Å². The lowest BCUT2D eigenvalue weighted by molar-refractivity contribution is -0.0428. The van der Waals surface area contributed by atoms with Crippen molar-refractivity contribution in [3.63, 3.8) is 0 Å². The van der Waals surface area contributed by atoms with Crippen LogP contribution in [-0.2, 0) is 11.3 Å². The number of hydrogen-bond acceptors (Lipinski definition) is 5. The normalized spacial score (nSPS) is 25.8. The standard InChI is InChI=1S/C20H24FN3O2/c1-15-4-2-5-16(23-15)12-24-10-7-18-20(13-24,8-11-25-18)14-26-19-17(21)6-3-9-22-19/h2-6,9,18H,7-8,10-14H2,1H3/t18-,20+/m1/s1. The summed E-state index contributed by atoms with van der Waals surface area (Å²) in [6.45, 7) is 5.81. The van der Waals surface area contributed by atoms with Crippen molar-refractivity contribution in [2.24, 2.45) is 5.41 Å². The maximum absolute atomic E-state index is 13.8. The molecule has 26 heavy (non-hydrogen) atoms. The highest BCUT2D eigenvalue weighted by Crippen LogP contribution is 2.41. The van der Waals surface area contributed by atoms with E-state index in [0.29, 0.717) is 6.61 Å². The van der Waals surface area contributed by atoms with E-state index < -0.39 is 5.82 Å². The lowest BCUT2D eigenvalue weighted by atomic mass is 9.77. The fraction of sp³-hybridized carbons (Fsp3) is 0.500. The second-order valence-electron chi connectivity index (χ2n) is 7.32. The molecule has 0 bridgehead atoms. The lowest BCUT2D eigenvalue weighted by Gasteiger charge is -2.43. The highest BCUT2D eigenvalue weighted by Gasteiger charge is 2.48. The van der Waals surface area contributed by atoms with Crippen LogP contribution in [0.1, 0.15) is 24.2 Å². The number of aromatic nitrogens is 2. The molecular formula is C20H24FN3O2. The second kappa shape index (κ2) is 7.29. The average Bonchev–Trinajstić information content (AvgIpc) is 3.04. The molecule has 0 N–H and O–H groups in total. The molecule has 0 aromatic carbocycles. The summed E-state index contributed by atoms with van der Waals surface area (Å²) in [6.07, 6.45) is 3.59. The van der Waals surface area contributed by atoms with Crippen molar-refractivity contribution in [3.05, 3.63) is 53.7 Å². The number of ether oxygens (including phenoxy) is 2. The quantitative estimate of drug-likeness (QED) is 0.823. The number of pyridine rings is 2. The van der Waals surface area contributed by atoms with E-state index in [0.717, 1.165) is 50.5 Å². The largest absolute Gasteiger partial charge is 0.475 e. The minimum absolute atomic E-state index is 0.0741. The summed E-state index contributed by atoms with van der Waals surface area (Å²) in [5, 5.41) is 0. The van der Waals surface area contributed by atoms with Gasteiger partial charge in [-0.2, -0.15) is 0 Å². The smallest absolute Gasteiger partial charge is 0.250 e. The monoisotopic (exact) mass is 357 g/mol. The Labute approximate surface area is 153 Å². The molecular weight excluding hydrogens is 333 g/mol. The van der Waals surface area contributed by atoms with Crippen LogP contribution in [0.5, 0.6) is 5.88 Å². The summed E-state index contributed by atoms with van der Waals surface area (Å²) in [5.74, 6) is -0.346. The fourth-order valence-electron chi connectivity index (χ4n) is 4.09. The zero-order valence-corrected chi connectivity index (χ0v) is 15.0. The number of piperidine rings is 1. The van der Waals surface area contributed by atoms with Gasteiger partial charge in [-0.1, -0.05) is 6.07 Å². The van der Waals surface area contributed by atoms with Gasteiger partial charge >= 0.3 is 0 Å². The van der Waals surface area contributed by atoms with E-state index >= 15 is 0 Å². The summed E-state index contributed by atoms with van der Waals surface area (Å²) in [4.78, 5) is 11.0. The maximum Gasteiger partial charge on any atom is 0.250 e. The lowest BCUT2D eigenvalue weighted by Crippen LogP contribution is -2.52. The number of halogens is 1. The third-order valence-electron chi connectivity index (χ3n) is 5.40. The predicted octanol–water partition coefficient (Wildman–Crippen LogP) is 2.98. The minimum atomic E-state index is -0.420. The molecule has 2 aliphatic heterocycles. The summed E-state index contributed by atoms with van der Waals surface area (Å²) in [5.41, 5.74) is 1.99. The predicted molar refractivity (Wildman–Crippen MR) is 95.3 cm³/mol. The van der Waals surface area contributed by atoms with Gasteiger partial charge in [0.2, 0.25) is 5.88 Å². The van der Waals surface area contributed by atoms with E-state index in [1.165, 1.54) is 6.07 Å². The van der Waals surface area contributed by atoms with Gasteiger partial charge in [0.25, 0.3) is 0 Å². The third kappa shape index (κ3) is 3.57. The second-order valence-corrected chi connectivity index (χ2v) is 7.32. The van der Waals surface area contributed by atoms with Crippen LogP contribution in [0.15, 0.2) is 36.5 Å². The van der Waals surface area contributed by atoms with E-state index in [4.69, 9.17) is 9.47 Å². The first kappa shape index (κ1) is 17.4. The van der Waals surface area contributed by atoms with Crippen molar-refractivity contribution in [2.75, 3.05) is 26.3 Å². The van der Waals surface area contributed by atoms with Crippen LogP contribution >= 0.6 is 0 Å². The molecule has 4 heterocycles. The number of aryl methyl sites for hydroxylation is 1. The SMILES string of the molecule is Cc1cccc(CN2CC[C@H]3OCC[C@@]3(COc3ncccc3F)C2)n1. The molecule has 6 heteroatoms. The fourth-order valence-corrected chi connectivity index (χ4v) is 4.09. The van der Waals surface area contributed by atoms with Crippen LogP contribution in [0.2, 0.25) is 0 Å². The molecule has 2 saturated heterocycles. The molecule has 2 atom stereocenters. The number of likely N-dealkylation sites (tertiary alicyclic amines) is 1. The molecule has 0 saturated carbocycles. The van der Waals surface area contributed by atoms with Gasteiger partial charge in [0, 0.05) is 43.5 Å². The molecule has 0 amide bonds. The van der Waals surface area contributed by atoms with Crippen LogP contribution in [0.25, 0.3) is 0 Å². The molecule has 2 aromatic rings. The summed E-state index contributed by atoms with van der Waals surface area (Å²) in [6, 6.07) is 9.07. The van der Waals surface area contributed by atoms with Gasteiger partial charge in [-0.05, 0) is 44.0 Å². The Balaban J connectivity index is 1.46. The Morgan fingerprint density at radius 3 is 3.12 bits per heavy atom. The summed E-state index contributed by atoms with van der Waals surface area (Å²) in [7, 11) is 0. The van der Waals surface area contributed by atoms with Gasteiger partial charge in [0.05, 0.1) is 18.4 Å². The average molecular weight is 357 g/mol. The Morgan fingerprint density at radius 1 is 1.35 bits per heavy atom. The van der Waals surface area contributed by atoms with Crippen molar-refractivity contribution < 1.29 is 13.9 Å². The Bertz CT molecular complexity index is 772. The third-order valence-corrected chi connectivity index (χ3v) is 5.40. The minimum Gasteiger partial charge on any atom is -0.475 e. The van der Waals surface area contributed by atoms with E-state index in [1.807, 2.05) is 19.1 Å². The Kier molecular flexibility index (Phi) is 4.87. The van der Waals surface area contributed by atoms with E-state index in [1.54, 1.807) is 12.3 Å². The molecule has 138 valence electrons. The zero-order chi connectivity index (χ0) is 18.0. The number of rotatable bonds is 5. The number of nitrogens with zero attached hydrogens (tertiary/aromatic N) is 3. The Hall–Kier alpha value is -2.05. The highest BCUT2D eigenvalue weighted by atomic mass is 19.1. The van der Waals surface area contributed by atoms with Crippen molar-refractivity contribution in [2.45, 2.75) is 32.4 Å². The van der Waals surface area contributed by atoms with E-state index in [2.05, 4.69) is 20.9 Å². The maximum atomic E-state index is 13.8. The van der Waals surface area contributed by atoms with Crippen molar-refractivity contribution in [1.29, 1.82) is 0 Å². The molecule has 5 nitrogen and oxygen atoms in total. The topological polar surface area (TPSA) is 47.5 Å². The molecule has 0 radical (unpaired) electrons. The van der Waals surface area contributed by atoms with Crippen LogP contribution in [-0.4, -0.2) is 47.3 Å². The van der Waals surface area contributed by atoms with Crippen molar-refractivity contribution in [3.8, 4) is 5.88 Å². The number of hydrogen-bond donors (Lipinski definition) is 0. The van der Waals surface area contributed by atoms with E-state index in [-0.39, 0.29) is 17.4 Å². The Morgan fingerprint density at radius 2 is 2.27 bits per heavy atom. The molecule has 2 fully saturated rings. The molecule has 2 aliphatic rings. The first-order valence-electron chi connectivity index (χ1n) is 9.14. The van der Waals surface area contributed by atoms with Crippen LogP contribution in [0.3, 0.4) is 0 Å². The summed E-state index contributed by atoms with van der Waals surface area (Å²) >= 11 is 0. The zero-order valence-electron chi connectivity index (χ0n) is 15.0. The molecule has 2 aromatic heterocycles. The molecule has 0 aliphatic carbocycles. The molecule has 0 unspecified atom stereocenters. The van der Waals surface area contributed by atoms with Crippen LogP contribution in [0, 0.1) is 18.2 Å². The van der Waals surface area contributed by atoms with Gasteiger partial charge in [-0.25, -0.2) is 9.37 Å². The number of fused-ring (bicyclic) bond motifs is 1. The van der Waals surface area contributed by atoms with Crippen molar-refractivity contribution >= 4 is 0 Å². The van der Waals surface area contributed by atoms with Gasteiger partial charge in [0.15, 0.2) is 5.82 Å². The summed E-state index contributed by atoms with van der Waals surface area (Å²) < 4.78 is 25.6.